The predicted molar refractivity (Wildman–Crippen MR) is 152 cm³/mol. The van der Waals surface area contributed by atoms with Crippen LogP contribution in [0.5, 0.6) is 11.5 Å². The second-order valence-electron chi connectivity index (χ2n) is 8.94. The number of amides is 1. The first kappa shape index (κ1) is 26.6. The van der Waals surface area contributed by atoms with E-state index in [1.165, 1.54) is 35.1 Å². The number of carboxylic acid groups (broad SMARTS) is 1. The van der Waals surface area contributed by atoms with E-state index < -0.39 is 17.9 Å². The first-order valence-corrected chi connectivity index (χ1v) is 13.1. The van der Waals surface area contributed by atoms with Crippen molar-refractivity contribution < 1.29 is 24.2 Å². The molecule has 0 aliphatic carbocycles. The zero-order valence-electron chi connectivity index (χ0n) is 21.9. The Morgan fingerprint density at radius 2 is 1.75 bits per heavy atom. The molecule has 2 heterocycles. The molecule has 0 spiro atoms. The average Bonchev–Trinajstić information content (AvgIpc) is 3.26. The van der Waals surface area contributed by atoms with Gasteiger partial charge in [0.05, 0.1) is 35.6 Å². The summed E-state index contributed by atoms with van der Waals surface area (Å²) in [6.45, 7) is 1.74. The summed E-state index contributed by atoms with van der Waals surface area (Å²) in [7, 11) is 3.06. The molecular formula is C30H25N3O6S. The molecule has 0 radical (unpaired) electrons. The van der Waals surface area contributed by atoms with Crippen LogP contribution in [-0.2, 0) is 4.79 Å². The molecule has 9 nitrogen and oxygen atoms in total. The van der Waals surface area contributed by atoms with Crippen molar-refractivity contribution in [1.29, 1.82) is 0 Å². The molecule has 1 aliphatic heterocycles. The van der Waals surface area contributed by atoms with Crippen LogP contribution in [-0.4, -0.2) is 35.8 Å². The van der Waals surface area contributed by atoms with Crippen LogP contribution in [0, 0.1) is 0 Å². The molecule has 1 atom stereocenters. The number of aromatic nitrogens is 1. The van der Waals surface area contributed by atoms with Gasteiger partial charge in [0.25, 0.3) is 11.5 Å². The van der Waals surface area contributed by atoms with Gasteiger partial charge in [0.15, 0.2) is 4.80 Å². The number of thiazole rings is 1. The lowest BCUT2D eigenvalue weighted by molar-refractivity contribution is -0.113. The van der Waals surface area contributed by atoms with Gasteiger partial charge in [-0.2, -0.15) is 0 Å². The third-order valence-corrected chi connectivity index (χ3v) is 7.47. The molecule has 1 aromatic heterocycles. The molecule has 0 saturated carbocycles. The number of rotatable bonds is 7. The molecule has 0 fully saturated rings. The van der Waals surface area contributed by atoms with Gasteiger partial charge in [-0.3, -0.25) is 14.2 Å². The van der Waals surface area contributed by atoms with Crippen LogP contribution < -0.4 is 29.7 Å². The Morgan fingerprint density at radius 1 is 1.02 bits per heavy atom. The molecule has 0 saturated heterocycles. The van der Waals surface area contributed by atoms with Crippen LogP contribution in [0.15, 0.2) is 93.9 Å². The highest BCUT2D eigenvalue weighted by Crippen LogP contribution is 2.37. The van der Waals surface area contributed by atoms with Gasteiger partial charge >= 0.3 is 5.97 Å². The fraction of sp³-hybridized carbons (Fsp3) is 0.133. The van der Waals surface area contributed by atoms with Gasteiger partial charge in [-0.05, 0) is 55.0 Å². The zero-order valence-corrected chi connectivity index (χ0v) is 22.7. The number of nitrogens with zero attached hydrogens (tertiary/aromatic N) is 2. The Kier molecular flexibility index (Phi) is 7.35. The zero-order chi connectivity index (χ0) is 28.4. The maximum Gasteiger partial charge on any atom is 0.335 e. The van der Waals surface area contributed by atoms with Crippen molar-refractivity contribution in [3.05, 3.63) is 120 Å². The van der Waals surface area contributed by atoms with Crippen molar-refractivity contribution in [3.63, 3.8) is 0 Å². The summed E-state index contributed by atoms with van der Waals surface area (Å²) in [6.07, 6.45) is 1.68. The SMILES string of the molecule is COc1ccc([C@@H]2C(C(=O)Nc3ccccc3)=C(C)N=c3s/c(=C\c4ccc(C(=O)O)cc4)c(=O)n32)c(OC)c1. The number of nitrogens with one attached hydrogen (secondary N) is 1. The number of carbonyl (C=O) groups is 2. The van der Waals surface area contributed by atoms with E-state index in [2.05, 4.69) is 10.3 Å². The van der Waals surface area contributed by atoms with E-state index in [0.717, 1.165) is 0 Å². The molecule has 5 rings (SSSR count). The Morgan fingerprint density at radius 3 is 2.40 bits per heavy atom. The summed E-state index contributed by atoms with van der Waals surface area (Å²) >= 11 is 1.19. The molecule has 2 N–H and O–H groups in total. The molecule has 0 unspecified atom stereocenters. The highest BCUT2D eigenvalue weighted by molar-refractivity contribution is 7.07. The summed E-state index contributed by atoms with van der Waals surface area (Å²) in [5.74, 6) is -0.415. The van der Waals surface area contributed by atoms with Crippen LogP contribution >= 0.6 is 11.3 Å². The second-order valence-corrected chi connectivity index (χ2v) is 9.95. The maximum atomic E-state index is 13.9. The minimum absolute atomic E-state index is 0.148. The molecular weight excluding hydrogens is 530 g/mol. The Balaban J connectivity index is 1.69. The number of benzene rings is 3. The van der Waals surface area contributed by atoms with Crippen molar-refractivity contribution >= 4 is 35.0 Å². The van der Waals surface area contributed by atoms with Gasteiger partial charge in [0, 0.05) is 17.3 Å². The van der Waals surface area contributed by atoms with Crippen LogP contribution in [0.2, 0.25) is 0 Å². The molecule has 1 aliphatic rings. The number of allylic oxidation sites excluding steroid dienone is 1. The van der Waals surface area contributed by atoms with Gasteiger partial charge in [0.1, 0.15) is 17.5 Å². The van der Waals surface area contributed by atoms with Crippen LogP contribution in [0.1, 0.15) is 34.5 Å². The lowest BCUT2D eigenvalue weighted by Crippen LogP contribution is -2.40. The first-order valence-electron chi connectivity index (χ1n) is 12.2. The maximum absolute atomic E-state index is 13.9. The number of carbonyl (C=O) groups excluding carboxylic acids is 1. The number of hydrogen-bond acceptors (Lipinski definition) is 7. The number of carboxylic acids is 1. The number of methoxy groups -OCH3 is 2. The molecule has 40 heavy (non-hydrogen) atoms. The lowest BCUT2D eigenvalue weighted by atomic mass is 9.94. The molecule has 1 amide bonds. The highest BCUT2D eigenvalue weighted by atomic mass is 32.1. The second kappa shape index (κ2) is 11.0. The van der Waals surface area contributed by atoms with Crippen molar-refractivity contribution in [2.45, 2.75) is 13.0 Å². The predicted octanol–water partition coefficient (Wildman–Crippen LogP) is 3.59. The number of anilines is 1. The number of fused-ring (bicyclic) bond motifs is 1. The normalized spacial score (nSPS) is 14.8. The lowest BCUT2D eigenvalue weighted by Gasteiger charge is -2.26. The van der Waals surface area contributed by atoms with Crippen molar-refractivity contribution in [1.82, 2.24) is 4.57 Å². The monoisotopic (exact) mass is 555 g/mol. The number of hydrogen-bond donors (Lipinski definition) is 2. The summed E-state index contributed by atoms with van der Waals surface area (Å²) in [5.41, 5.74) is 2.43. The van der Waals surface area contributed by atoms with E-state index in [-0.39, 0.29) is 11.1 Å². The highest BCUT2D eigenvalue weighted by Gasteiger charge is 2.34. The van der Waals surface area contributed by atoms with Gasteiger partial charge in [-0.25, -0.2) is 9.79 Å². The van der Waals surface area contributed by atoms with E-state index in [0.29, 0.717) is 48.9 Å². The van der Waals surface area contributed by atoms with E-state index in [9.17, 15) is 19.5 Å². The van der Waals surface area contributed by atoms with E-state index in [1.54, 1.807) is 62.6 Å². The topological polar surface area (TPSA) is 119 Å². The fourth-order valence-corrected chi connectivity index (χ4v) is 5.59. The number of para-hydroxylation sites is 1. The molecule has 202 valence electrons. The fourth-order valence-electron chi connectivity index (χ4n) is 4.54. The van der Waals surface area contributed by atoms with Gasteiger partial charge in [-0.1, -0.05) is 41.7 Å². The van der Waals surface area contributed by atoms with Gasteiger partial charge in [0.2, 0.25) is 0 Å². The Hall–Kier alpha value is -4.96. The summed E-state index contributed by atoms with van der Waals surface area (Å²) in [6, 6.07) is 19.7. The van der Waals surface area contributed by atoms with Crippen LogP contribution in [0.25, 0.3) is 6.08 Å². The minimum atomic E-state index is -1.03. The van der Waals surface area contributed by atoms with Gasteiger partial charge in [-0.15, -0.1) is 0 Å². The molecule has 0 bridgehead atoms. The summed E-state index contributed by atoms with van der Waals surface area (Å²) < 4.78 is 12.9. The smallest absolute Gasteiger partial charge is 0.335 e. The molecule has 10 heteroatoms. The molecule has 3 aromatic carbocycles. The summed E-state index contributed by atoms with van der Waals surface area (Å²) in [5, 5.41) is 12.1. The first-order chi connectivity index (χ1) is 19.3. The number of aromatic carboxylic acids is 1. The standard InChI is InChI=1S/C30H25N3O6S/c1-17-25(27(34)32-20-7-5-4-6-8-20)26(22-14-13-21(38-2)16-23(22)39-3)33-28(35)24(40-30(33)31-17)15-18-9-11-19(12-10-18)29(36)37/h4-16,26H,1-3H3,(H,32,34)(H,36,37)/b24-15-/t26-/m1/s1. The third kappa shape index (κ3) is 5.04. The van der Waals surface area contributed by atoms with Gasteiger partial charge < -0.3 is 19.9 Å². The van der Waals surface area contributed by atoms with Crippen molar-refractivity contribution in [2.75, 3.05) is 19.5 Å². The molecule has 4 aromatic rings. The largest absolute Gasteiger partial charge is 0.497 e. The Labute approximate surface area is 233 Å². The van der Waals surface area contributed by atoms with E-state index >= 15 is 0 Å². The summed E-state index contributed by atoms with van der Waals surface area (Å²) in [4.78, 5) is 43.9. The third-order valence-electron chi connectivity index (χ3n) is 6.49. The Bertz CT molecular complexity index is 1820. The van der Waals surface area contributed by atoms with E-state index in [1.807, 2.05) is 18.2 Å². The van der Waals surface area contributed by atoms with Crippen LogP contribution in [0.3, 0.4) is 0 Å². The van der Waals surface area contributed by atoms with Crippen molar-refractivity contribution in [3.8, 4) is 11.5 Å². The number of ether oxygens (including phenoxy) is 2. The quantitative estimate of drug-likeness (QED) is 0.360. The van der Waals surface area contributed by atoms with Crippen molar-refractivity contribution in [2.24, 2.45) is 4.99 Å². The minimum Gasteiger partial charge on any atom is -0.497 e. The van der Waals surface area contributed by atoms with Crippen LogP contribution in [0.4, 0.5) is 5.69 Å². The van der Waals surface area contributed by atoms with E-state index in [4.69, 9.17) is 9.47 Å². The average molecular weight is 556 g/mol.